The number of nitrogens with two attached hydrogens (primary N) is 1. The van der Waals surface area contributed by atoms with E-state index < -0.39 is 11.6 Å². The van der Waals surface area contributed by atoms with Crippen LogP contribution in [0.25, 0.3) is 0 Å². The van der Waals surface area contributed by atoms with Crippen molar-refractivity contribution in [3.8, 4) is 0 Å². The predicted molar refractivity (Wildman–Crippen MR) is 64.7 cm³/mol. The molecule has 0 amide bonds. The van der Waals surface area contributed by atoms with E-state index in [1.54, 1.807) is 0 Å². The molecule has 0 spiro atoms. The van der Waals surface area contributed by atoms with Crippen LogP contribution in [0.2, 0.25) is 0 Å². The third-order valence-electron chi connectivity index (χ3n) is 4.53. The van der Waals surface area contributed by atoms with Gasteiger partial charge in [-0.05, 0) is 48.3 Å². The van der Waals surface area contributed by atoms with Crippen molar-refractivity contribution in [2.75, 3.05) is 0 Å². The Bertz CT molecular complexity index is 392. The molecule has 2 rings (SSSR count). The maximum atomic E-state index is 13.2. The van der Waals surface area contributed by atoms with E-state index in [-0.39, 0.29) is 17.4 Å². The lowest BCUT2D eigenvalue weighted by Crippen LogP contribution is -2.55. The smallest absolute Gasteiger partial charge is 0.126 e. The van der Waals surface area contributed by atoms with E-state index in [4.69, 9.17) is 5.73 Å². The quantitative estimate of drug-likeness (QED) is 0.857. The molecule has 1 nitrogen and oxygen atoms in total. The molecule has 1 aliphatic carbocycles. The van der Waals surface area contributed by atoms with Gasteiger partial charge < -0.3 is 5.73 Å². The molecule has 2 atom stereocenters. The summed E-state index contributed by atoms with van der Waals surface area (Å²) in [4.78, 5) is 0. The van der Waals surface area contributed by atoms with Gasteiger partial charge in [-0.2, -0.15) is 0 Å². The van der Waals surface area contributed by atoms with Crippen LogP contribution >= 0.6 is 0 Å². The summed E-state index contributed by atoms with van der Waals surface area (Å²) in [5.74, 6) is -0.805. The third-order valence-corrected chi connectivity index (χ3v) is 4.53. The summed E-state index contributed by atoms with van der Waals surface area (Å²) < 4.78 is 26.5. The molecule has 1 fully saturated rings. The molecule has 1 saturated carbocycles. The number of hydrogen-bond donors (Lipinski definition) is 1. The van der Waals surface area contributed by atoms with Crippen molar-refractivity contribution in [2.24, 2.45) is 11.1 Å². The fourth-order valence-electron chi connectivity index (χ4n) is 3.33. The summed E-state index contributed by atoms with van der Waals surface area (Å²) in [5.41, 5.74) is 6.87. The second kappa shape index (κ2) is 4.37. The number of benzene rings is 1. The highest BCUT2D eigenvalue weighted by atomic mass is 19.1. The van der Waals surface area contributed by atoms with Crippen LogP contribution in [-0.4, -0.2) is 6.04 Å². The van der Waals surface area contributed by atoms with Crippen molar-refractivity contribution in [3.05, 3.63) is 35.4 Å². The van der Waals surface area contributed by atoms with E-state index in [0.29, 0.717) is 0 Å². The van der Waals surface area contributed by atoms with E-state index >= 15 is 0 Å². The molecule has 2 N–H and O–H groups in total. The summed E-state index contributed by atoms with van der Waals surface area (Å²) in [6.07, 6.45) is 2.73. The molecule has 2 unspecified atom stereocenters. The highest BCUT2D eigenvalue weighted by Gasteiger charge is 2.51. The van der Waals surface area contributed by atoms with Crippen molar-refractivity contribution in [1.82, 2.24) is 0 Å². The predicted octanol–water partition coefficient (Wildman–Crippen LogP) is 3.59. The molecule has 1 aromatic carbocycles. The highest BCUT2D eigenvalue weighted by molar-refractivity contribution is 5.29. The normalized spacial score (nSPS) is 26.6. The Hall–Kier alpha value is -0.960. The van der Waals surface area contributed by atoms with Gasteiger partial charge in [0.05, 0.1) is 0 Å². The van der Waals surface area contributed by atoms with Crippen LogP contribution in [0.4, 0.5) is 8.78 Å². The van der Waals surface area contributed by atoms with E-state index in [9.17, 15) is 8.78 Å². The molecule has 1 aromatic rings. The van der Waals surface area contributed by atoms with Crippen molar-refractivity contribution >= 4 is 0 Å². The Balaban J connectivity index is 2.35. The number of hydrogen-bond acceptors (Lipinski definition) is 1. The van der Waals surface area contributed by atoms with Crippen molar-refractivity contribution < 1.29 is 8.78 Å². The first-order valence-electron chi connectivity index (χ1n) is 6.25. The average molecular weight is 239 g/mol. The van der Waals surface area contributed by atoms with Gasteiger partial charge in [0.15, 0.2) is 0 Å². The van der Waals surface area contributed by atoms with Crippen molar-refractivity contribution in [2.45, 2.75) is 45.1 Å². The van der Waals surface area contributed by atoms with Gasteiger partial charge in [0.1, 0.15) is 11.6 Å². The van der Waals surface area contributed by atoms with Gasteiger partial charge in [-0.15, -0.1) is 0 Å². The maximum Gasteiger partial charge on any atom is 0.126 e. The summed E-state index contributed by atoms with van der Waals surface area (Å²) in [6, 6.07) is 3.95. The van der Waals surface area contributed by atoms with E-state index in [1.807, 2.05) is 0 Å². The lowest BCUT2D eigenvalue weighted by atomic mass is 9.52. The molecule has 0 saturated heterocycles. The summed E-state index contributed by atoms with van der Waals surface area (Å²) in [5, 5.41) is 0. The first-order chi connectivity index (χ1) is 8.03. The molecule has 1 aliphatic rings. The van der Waals surface area contributed by atoms with Crippen LogP contribution in [0.1, 0.15) is 44.6 Å². The van der Waals surface area contributed by atoms with Crippen LogP contribution in [0, 0.1) is 17.0 Å². The number of rotatable bonds is 3. The lowest BCUT2D eigenvalue weighted by Gasteiger charge is -2.55. The summed E-state index contributed by atoms with van der Waals surface area (Å²) in [6.45, 7) is 4.20. The van der Waals surface area contributed by atoms with Crippen molar-refractivity contribution in [3.63, 3.8) is 0 Å². The molecular formula is C14H19F2N. The van der Waals surface area contributed by atoms with Gasteiger partial charge in [-0.25, -0.2) is 8.78 Å². The third kappa shape index (κ3) is 1.86. The molecule has 0 radical (unpaired) electrons. The molecule has 0 bridgehead atoms. The Morgan fingerprint density at radius 3 is 2.12 bits per heavy atom. The van der Waals surface area contributed by atoms with E-state index in [1.165, 1.54) is 12.1 Å². The molecule has 0 aromatic heterocycles. The minimum Gasteiger partial charge on any atom is -0.327 e. The Morgan fingerprint density at radius 2 is 1.71 bits per heavy atom. The Labute approximate surface area is 101 Å². The minimum absolute atomic E-state index is 0.0141. The van der Waals surface area contributed by atoms with E-state index in [2.05, 4.69) is 13.8 Å². The lowest BCUT2D eigenvalue weighted by molar-refractivity contribution is 0.0435. The maximum absolute atomic E-state index is 13.2. The second-order valence-corrected chi connectivity index (χ2v) is 5.04. The van der Waals surface area contributed by atoms with Crippen LogP contribution in [-0.2, 0) is 0 Å². The number of halogens is 2. The zero-order chi connectivity index (χ0) is 12.6. The molecule has 17 heavy (non-hydrogen) atoms. The monoisotopic (exact) mass is 239 g/mol. The fraction of sp³-hybridized carbons (Fsp3) is 0.571. The first kappa shape index (κ1) is 12.5. The average Bonchev–Trinajstić information content (AvgIpc) is 2.26. The second-order valence-electron chi connectivity index (χ2n) is 5.04. The molecule has 3 heteroatoms. The minimum atomic E-state index is -0.499. The highest BCUT2D eigenvalue weighted by Crippen LogP contribution is 2.56. The largest absolute Gasteiger partial charge is 0.327 e. The van der Waals surface area contributed by atoms with Gasteiger partial charge in [-0.3, -0.25) is 0 Å². The zero-order valence-electron chi connectivity index (χ0n) is 10.3. The summed E-state index contributed by atoms with van der Waals surface area (Å²) >= 11 is 0. The van der Waals surface area contributed by atoms with Crippen LogP contribution in [0.3, 0.4) is 0 Å². The molecule has 94 valence electrons. The fourth-order valence-corrected chi connectivity index (χ4v) is 3.33. The van der Waals surface area contributed by atoms with Crippen LogP contribution < -0.4 is 5.73 Å². The first-order valence-corrected chi connectivity index (χ1v) is 6.25. The van der Waals surface area contributed by atoms with Gasteiger partial charge in [-0.1, -0.05) is 13.8 Å². The van der Waals surface area contributed by atoms with Crippen LogP contribution in [0.15, 0.2) is 18.2 Å². The van der Waals surface area contributed by atoms with E-state index in [0.717, 1.165) is 30.9 Å². The van der Waals surface area contributed by atoms with Gasteiger partial charge in [0, 0.05) is 12.1 Å². The van der Waals surface area contributed by atoms with Crippen molar-refractivity contribution in [1.29, 1.82) is 0 Å². The van der Waals surface area contributed by atoms with Gasteiger partial charge in [0.2, 0.25) is 0 Å². The van der Waals surface area contributed by atoms with Gasteiger partial charge in [0.25, 0.3) is 0 Å². The van der Waals surface area contributed by atoms with Gasteiger partial charge >= 0.3 is 0 Å². The Morgan fingerprint density at radius 1 is 1.18 bits per heavy atom. The molecule has 0 heterocycles. The SMILES string of the molecule is CCC1(CC)C(N)CC1c1cc(F)cc(F)c1. The molecule has 0 aliphatic heterocycles. The summed E-state index contributed by atoms with van der Waals surface area (Å²) in [7, 11) is 0. The zero-order valence-corrected chi connectivity index (χ0v) is 10.3. The topological polar surface area (TPSA) is 26.0 Å². The Kier molecular flexibility index (Phi) is 3.21. The van der Waals surface area contributed by atoms with Crippen LogP contribution in [0.5, 0.6) is 0 Å². The standard InChI is InChI=1S/C14H19F2N/c1-3-14(4-2)12(8-13(14)17)9-5-10(15)7-11(16)6-9/h5-7,12-13H,3-4,8,17H2,1-2H3. The molecular weight excluding hydrogens is 220 g/mol.